The van der Waals surface area contributed by atoms with Crippen molar-refractivity contribution in [2.75, 3.05) is 31.4 Å². The molecule has 1 heterocycles. The molecule has 0 aliphatic rings. The van der Waals surface area contributed by atoms with E-state index in [4.69, 9.17) is 0 Å². The number of nitrogens with one attached hydrogen (secondary N) is 1. The lowest BCUT2D eigenvalue weighted by Crippen LogP contribution is -2.08. The Morgan fingerprint density at radius 2 is 1.72 bits per heavy atom. The molecule has 0 spiro atoms. The summed E-state index contributed by atoms with van der Waals surface area (Å²) in [6.07, 6.45) is 0. The summed E-state index contributed by atoms with van der Waals surface area (Å²) in [7, 11) is 5.91. The summed E-state index contributed by atoms with van der Waals surface area (Å²) in [6, 6.07) is 10.2. The van der Waals surface area contributed by atoms with Crippen LogP contribution in [-0.4, -0.2) is 31.1 Å². The minimum Gasteiger partial charge on any atom is -0.378 e. The van der Waals surface area contributed by atoms with Crippen molar-refractivity contribution < 1.29 is 0 Å². The topological polar surface area (TPSA) is 41.1 Å². The lowest BCUT2D eigenvalue weighted by molar-refractivity contribution is 1.10. The van der Waals surface area contributed by atoms with E-state index in [0.29, 0.717) is 0 Å². The molecule has 1 aromatic carbocycles. The Labute approximate surface area is 108 Å². The maximum absolute atomic E-state index is 4.46. The van der Waals surface area contributed by atoms with Crippen LogP contribution in [0.2, 0.25) is 0 Å². The Kier molecular flexibility index (Phi) is 3.46. The Morgan fingerprint density at radius 1 is 1.06 bits per heavy atom. The molecular weight excluding hydrogens is 224 g/mol. The molecule has 0 fully saturated rings. The van der Waals surface area contributed by atoms with Gasteiger partial charge in [0.25, 0.3) is 0 Å². The highest BCUT2D eigenvalue weighted by atomic mass is 15.1. The Bertz CT molecular complexity index is 532. The van der Waals surface area contributed by atoms with Gasteiger partial charge in [-0.15, -0.1) is 0 Å². The average Bonchev–Trinajstić information content (AvgIpc) is 2.38. The van der Waals surface area contributed by atoms with Crippen molar-refractivity contribution in [1.29, 1.82) is 0 Å². The second-order valence-corrected chi connectivity index (χ2v) is 4.41. The number of hydrogen-bond donors (Lipinski definition) is 1. The summed E-state index contributed by atoms with van der Waals surface area (Å²) in [5.41, 5.74) is 3.15. The lowest BCUT2D eigenvalue weighted by Gasteiger charge is -2.12. The second-order valence-electron chi connectivity index (χ2n) is 4.41. The van der Waals surface area contributed by atoms with Gasteiger partial charge in [0.2, 0.25) is 0 Å². The average molecular weight is 242 g/mol. The molecule has 94 valence electrons. The molecule has 0 aliphatic heterocycles. The molecular formula is C14H18N4. The first-order valence-corrected chi connectivity index (χ1v) is 5.91. The van der Waals surface area contributed by atoms with Gasteiger partial charge in [-0.25, -0.2) is 9.97 Å². The fourth-order valence-electron chi connectivity index (χ4n) is 1.73. The van der Waals surface area contributed by atoms with E-state index >= 15 is 0 Å². The van der Waals surface area contributed by atoms with Crippen LogP contribution in [0, 0.1) is 6.92 Å². The predicted octanol–water partition coefficient (Wildman–Crippen LogP) is 2.56. The molecule has 1 aromatic heterocycles. The highest BCUT2D eigenvalue weighted by Gasteiger charge is 2.04. The molecule has 4 nitrogen and oxygen atoms in total. The lowest BCUT2D eigenvalue weighted by atomic mass is 10.2. The Balaban J connectivity index is 2.39. The van der Waals surface area contributed by atoms with Crippen LogP contribution in [0.15, 0.2) is 30.3 Å². The van der Waals surface area contributed by atoms with Gasteiger partial charge in [-0.2, -0.15) is 0 Å². The van der Waals surface area contributed by atoms with Gasteiger partial charge in [-0.05, 0) is 31.2 Å². The molecule has 2 aromatic rings. The largest absolute Gasteiger partial charge is 0.378 e. The fourth-order valence-corrected chi connectivity index (χ4v) is 1.73. The van der Waals surface area contributed by atoms with Crippen molar-refractivity contribution in [3.63, 3.8) is 0 Å². The minimum atomic E-state index is 0.754. The number of hydrogen-bond acceptors (Lipinski definition) is 4. The van der Waals surface area contributed by atoms with Gasteiger partial charge >= 0.3 is 0 Å². The van der Waals surface area contributed by atoms with Gasteiger partial charge in [-0.3, -0.25) is 0 Å². The van der Waals surface area contributed by atoms with Gasteiger partial charge in [0.15, 0.2) is 5.82 Å². The fraction of sp³-hybridized carbons (Fsp3) is 0.286. The Morgan fingerprint density at radius 3 is 2.28 bits per heavy atom. The van der Waals surface area contributed by atoms with Crippen LogP contribution in [0.5, 0.6) is 0 Å². The molecule has 0 atom stereocenters. The van der Waals surface area contributed by atoms with Gasteiger partial charge in [0, 0.05) is 44.2 Å². The maximum atomic E-state index is 4.46. The number of aromatic nitrogens is 2. The third-order valence-electron chi connectivity index (χ3n) is 2.75. The van der Waals surface area contributed by atoms with E-state index in [1.807, 2.05) is 46.3 Å². The maximum Gasteiger partial charge on any atom is 0.161 e. The van der Waals surface area contributed by atoms with Crippen LogP contribution >= 0.6 is 0 Å². The van der Waals surface area contributed by atoms with Gasteiger partial charge in [0.1, 0.15) is 5.82 Å². The van der Waals surface area contributed by atoms with Crippen molar-refractivity contribution >= 4 is 11.5 Å². The summed E-state index contributed by atoms with van der Waals surface area (Å²) >= 11 is 0. The van der Waals surface area contributed by atoms with Crippen molar-refractivity contribution in [3.8, 4) is 11.4 Å². The zero-order valence-corrected chi connectivity index (χ0v) is 11.2. The molecule has 0 saturated carbocycles. The molecule has 4 heteroatoms. The molecule has 0 saturated heterocycles. The number of benzene rings is 1. The highest BCUT2D eigenvalue weighted by molar-refractivity contribution is 5.61. The van der Waals surface area contributed by atoms with Crippen LogP contribution in [-0.2, 0) is 0 Å². The second kappa shape index (κ2) is 5.04. The van der Waals surface area contributed by atoms with Gasteiger partial charge in [-0.1, -0.05) is 0 Å². The highest BCUT2D eigenvalue weighted by Crippen LogP contribution is 2.21. The van der Waals surface area contributed by atoms with E-state index in [-0.39, 0.29) is 0 Å². The van der Waals surface area contributed by atoms with E-state index < -0.39 is 0 Å². The summed E-state index contributed by atoms with van der Waals surface area (Å²) in [4.78, 5) is 11.0. The first kappa shape index (κ1) is 12.4. The monoisotopic (exact) mass is 242 g/mol. The summed E-state index contributed by atoms with van der Waals surface area (Å²) in [5, 5.41) is 3.05. The standard InChI is InChI=1S/C14H18N4/c1-10-9-13(15-2)17-14(16-10)11-5-7-12(8-6-11)18(3)4/h5-9H,1-4H3,(H,15,16,17). The van der Waals surface area contributed by atoms with Crippen LogP contribution in [0.25, 0.3) is 11.4 Å². The normalized spacial score (nSPS) is 10.2. The first-order chi connectivity index (χ1) is 8.60. The number of aryl methyl sites for hydroxylation is 1. The third kappa shape index (κ3) is 2.59. The molecule has 18 heavy (non-hydrogen) atoms. The Hall–Kier alpha value is -2.10. The SMILES string of the molecule is CNc1cc(C)nc(-c2ccc(N(C)C)cc2)n1. The van der Waals surface area contributed by atoms with Crippen LogP contribution in [0.3, 0.4) is 0 Å². The van der Waals surface area contributed by atoms with Crippen molar-refractivity contribution in [1.82, 2.24) is 9.97 Å². The molecule has 0 radical (unpaired) electrons. The number of rotatable bonds is 3. The van der Waals surface area contributed by atoms with E-state index in [2.05, 4.69) is 32.3 Å². The van der Waals surface area contributed by atoms with Crippen LogP contribution < -0.4 is 10.2 Å². The third-order valence-corrected chi connectivity index (χ3v) is 2.75. The summed E-state index contributed by atoms with van der Waals surface area (Å²) < 4.78 is 0. The summed E-state index contributed by atoms with van der Waals surface area (Å²) in [5.74, 6) is 1.60. The van der Waals surface area contributed by atoms with E-state index in [0.717, 1.165) is 22.9 Å². The van der Waals surface area contributed by atoms with Crippen molar-refractivity contribution in [2.45, 2.75) is 6.92 Å². The van der Waals surface area contributed by atoms with Crippen molar-refractivity contribution in [2.24, 2.45) is 0 Å². The quantitative estimate of drug-likeness (QED) is 0.898. The van der Waals surface area contributed by atoms with E-state index in [1.165, 1.54) is 5.69 Å². The molecule has 0 aliphatic carbocycles. The number of nitrogens with zero attached hydrogens (tertiary/aromatic N) is 3. The summed E-state index contributed by atoms with van der Waals surface area (Å²) in [6.45, 7) is 1.97. The van der Waals surface area contributed by atoms with Crippen LogP contribution in [0.4, 0.5) is 11.5 Å². The van der Waals surface area contributed by atoms with Crippen molar-refractivity contribution in [3.05, 3.63) is 36.0 Å². The zero-order valence-electron chi connectivity index (χ0n) is 11.2. The minimum absolute atomic E-state index is 0.754. The van der Waals surface area contributed by atoms with Gasteiger partial charge < -0.3 is 10.2 Å². The predicted molar refractivity (Wildman–Crippen MR) is 76.1 cm³/mol. The molecule has 2 rings (SSSR count). The molecule has 0 amide bonds. The van der Waals surface area contributed by atoms with E-state index in [1.54, 1.807) is 0 Å². The van der Waals surface area contributed by atoms with E-state index in [9.17, 15) is 0 Å². The molecule has 0 bridgehead atoms. The molecule has 0 unspecified atom stereocenters. The smallest absolute Gasteiger partial charge is 0.161 e. The zero-order chi connectivity index (χ0) is 13.1. The number of anilines is 2. The first-order valence-electron chi connectivity index (χ1n) is 5.91. The van der Waals surface area contributed by atoms with Gasteiger partial charge in [0.05, 0.1) is 0 Å². The van der Waals surface area contributed by atoms with Crippen LogP contribution in [0.1, 0.15) is 5.69 Å². The molecule has 1 N–H and O–H groups in total.